The summed E-state index contributed by atoms with van der Waals surface area (Å²) in [6.07, 6.45) is 4.16. The molecule has 0 spiro atoms. The van der Waals surface area contributed by atoms with Crippen molar-refractivity contribution in [2.45, 2.75) is 18.2 Å². The second kappa shape index (κ2) is 4.93. The van der Waals surface area contributed by atoms with Crippen LogP contribution in [0.3, 0.4) is 0 Å². The highest BCUT2D eigenvalue weighted by molar-refractivity contribution is 8.05. The number of rotatable bonds is 2. The molecule has 2 rings (SSSR count). The number of allylic oxidation sites excluding steroid dienone is 2. The van der Waals surface area contributed by atoms with Gasteiger partial charge in [-0.25, -0.2) is 9.59 Å². The Morgan fingerprint density at radius 2 is 2.15 bits per heavy atom. The van der Waals surface area contributed by atoms with E-state index in [2.05, 4.69) is 4.74 Å². The molecule has 1 unspecified atom stereocenters. The van der Waals surface area contributed by atoms with Gasteiger partial charge in [-0.05, 0) is 30.3 Å². The molecule has 0 radical (unpaired) electrons. The first kappa shape index (κ1) is 14.6. The largest absolute Gasteiger partial charge is 0.477 e. The molecule has 2 aliphatic heterocycles. The second-order valence-corrected chi connectivity index (χ2v) is 5.36. The summed E-state index contributed by atoms with van der Waals surface area (Å²) in [6.45, 7) is 1.48. The van der Waals surface area contributed by atoms with Crippen LogP contribution in [-0.2, 0) is 14.3 Å². The zero-order valence-electron chi connectivity index (χ0n) is 10.6. The monoisotopic (exact) mass is 303 g/mol. The van der Waals surface area contributed by atoms with Crippen molar-refractivity contribution in [3.05, 3.63) is 34.5 Å². The van der Waals surface area contributed by atoms with Gasteiger partial charge in [-0.15, -0.1) is 0 Å². The van der Waals surface area contributed by atoms with E-state index in [0.717, 1.165) is 12.0 Å². The third-order valence-electron chi connectivity index (χ3n) is 2.92. The fraction of sp³-hybridized carbons (Fsp3) is 0.333. The van der Waals surface area contributed by atoms with Crippen molar-refractivity contribution in [3.63, 3.8) is 0 Å². The van der Waals surface area contributed by atoms with E-state index >= 15 is 0 Å². The molecular weight excluding hydrogens is 292 g/mol. The summed E-state index contributed by atoms with van der Waals surface area (Å²) in [5.41, 5.74) is -0.186. The van der Waals surface area contributed by atoms with Crippen molar-refractivity contribution < 1.29 is 28.2 Å². The number of alkyl halides is 2. The minimum absolute atomic E-state index is 0.0782. The standard InChI is InChI=1S/C12H11F2NO4S/c1-6-4-3-5-15-7(10(16)17)8(11(18)19-2)20-12(13,14)9(6)15/h3-5,9H,1-2H3,(H,16,17). The summed E-state index contributed by atoms with van der Waals surface area (Å²) >= 11 is -0.0782. The number of methoxy groups -OCH3 is 1. The highest BCUT2D eigenvalue weighted by atomic mass is 32.2. The quantitative estimate of drug-likeness (QED) is 0.786. The van der Waals surface area contributed by atoms with Crippen LogP contribution in [0.25, 0.3) is 0 Å². The maximum atomic E-state index is 14.2. The number of halogens is 2. The minimum Gasteiger partial charge on any atom is -0.477 e. The number of carbonyl (C=O) groups excluding carboxylic acids is 1. The van der Waals surface area contributed by atoms with Gasteiger partial charge in [0, 0.05) is 6.20 Å². The number of ether oxygens (including phenoxy) is 1. The molecule has 0 aromatic rings. The molecule has 8 heteroatoms. The molecule has 0 fully saturated rings. The molecule has 0 amide bonds. The molecule has 1 atom stereocenters. The Bertz CT molecular complexity index is 568. The van der Waals surface area contributed by atoms with E-state index in [1.54, 1.807) is 0 Å². The molecule has 0 bridgehead atoms. The Kier molecular flexibility index (Phi) is 3.59. The maximum Gasteiger partial charge on any atom is 0.354 e. The van der Waals surface area contributed by atoms with Crippen molar-refractivity contribution >= 4 is 23.7 Å². The molecule has 20 heavy (non-hydrogen) atoms. The smallest absolute Gasteiger partial charge is 0.354 e. The topological polar surface area (TPSA) is 66.8 Å². The van der Waals surface area contributed by atoms with E-state index in [0.29, 0.717) is 5.57 Å². The van der Waals surface area contributed by atoms with Crippen LogP contribution in [0.2, 0.25) is 0 Å². The first-order chi connectivity index (χ1) is 9.29. The Hall–Kier alpha value is -1.83. The van der Waals surface area contributed by atoms with Gasteiger partial charge in [0.05, 0.1) is 7.11 Å². The van der Waals surface area contributed by atoms with Crippen molar-refractivity contribution in [1.29, 1.82) is 0 Å². The summed E-state index contributed by atoms with van der Waals surface area (Å²) in [7, 11) is 1.01. The number of aliphatic carboxylic acids is 1. The van der Waals surface area contributed by atoms with Crippen LogP contribution in [0.1, 0.15) is 6.92 Å². The van der Waals surface area contributed by atoms with Crippen LogP contribution >= 0.6 is 11.8 Å². The van der Waals surface area contributed by atoms with Crippen LogP contribution < -0.4 is 0 Å². The third kappa shape index (κ3) is 2.20. The Labute approximate surface area is 117 Å². The molecule has 0 saturated heterocycles. The van der Waals surface area contributed by atoms with Gasteiger partial charge in [0.2, 0.25) is 0 Å². The lowest BCUT2D eigenvalue weighted by Crippen LogP contribution is -2.50. The third-order valence-corrected chi connectivity index (χ3v) is 3.98. The Morgan fingerprint density at radius 3 is 2.70 bits per heavy atom. The zero-order valence-corrected chi connectivity index (χ0v) is 11.4. The second-order valence-electron chi connectivity index (χ2n) is 4.20. The highest BCUT2D eigenvalue weighted by Crippen LogP contribution is 2.50. The first-order valence-electron chi connectivity index (χ1n) is 5.55. The molecule has 0 aromatic heterocycles. The van der Waals surface area contributed by atoms with Gasteiger partial charge in [0.25, 0.3) is 0 Å². The molecule has 108 valence electrons. The van der Waals surface area contributed by atoms with Gasteiger partial charge in [-0.3, -0.25) is 0 Å². The molecule has 2 heterocycles. The van der Waals surface area contributed by atoms with Crippen molar-refractivity contribution in [1.82, 2.24) is 4.90 Å². The molecule has 0 aromatic carbocycles. The van der Waals surface area contributed by atoms with E-state index in [4.69, 9.17) is 0 Å². The van der Waals surface area contributed by atoms with Gasteiger partial charge in [-0.2, -0.15) is 8.78 Å². The average molecular weight is 303 g/mol. The number of nitrogens with zero attached hydrogens (tertiary/aromatic N) is 1. The highest BCUT2D eigenvalue weighted by Gasteiger charge is 2.53. The number of fused-ring (bicyclic) bond motifs is 1. The lowest BCUT2D eigenvalue weighted by Gasteiger charge is -2.42. The first-order valence-corrected chi connectivity index (χ1v) is 6.37. The zero-order chi connectivity index (χ0) is 15.1. The summed E-state index contributed by atoms with van der Waals surface area (Å²) < 4.78 is 32.8. The summed E-state index contributed by atoms with van der Waals surface area (Å²) in [5, 5.41) is 5.89. The van der Waals surface area contributed by atoms with Crippen LogP contribution in [0, 0.1) is 0 Å². The van der Waals surface area contributed by atoms with Gasteiger partial charge in [0.15, 0.2) is 0 Å². The number of hydrogen-bond donors (Lipinski definition) is 1. The number of esters is 1. The number of carboxylic acids is 1. The van der Waals surface area contributed by atoms with E-state index in [9.17, 15) is 23.5 Å². The Morgan fingerprint density at radius 1 is 1.50 bits per heavy atom. The molecule has 5 nitrogen and oxygen atoms in total. The molecular formula is C12H11F2NO4S. The van der Waals surface area contributed by atoms with E-state index < -0.39 is 33.8 Å². The fourth-order valence-corrected chi connectivity index (χ4v) is 3.25. The SMILES string of the molecule is COC(=O)C1=C(C(=O)O)N2C=CC=C(C)C2C(F)(F)S1. The van der Waals surface area contributed by atoms with Gasteiger partial charge < -0.3 is 14.7 Å². The van der Waals surface area contributed by atoms with E-state index in [1.807, 2.05) is 0 Å². The molecule has 1 N–H and O–H groups in total. The van der Waals surface area contributed by atoms with Gasteiger partial charge in [-0.1, -0.05) is 6.08 Å². The lowest BCUT2D eigenvalue weighted by atomic mass is 10.0. The van der Waals surface area contributed by atoms with Crippen molar-refractivity contribution in [2.24, 2.45) is 0 Å². The van der Waals surface area contributed by atoms with Crippen molar-refractivity contribution in [2.75, 3.05) is 7.11 Å². The van der Waals surface area contributed by atoms with E-state index in [-0.39, 0.29) is 11.8 Å². The minimum atomic E-state index is -3.34. The predicted octanol–water partition coefficient (Wildman–Crippen LogP) is 1.94. The molecule has 0 aliphatic carbocycles. The fourth-order valence-electron chi connectivity index (χ4n) is 2.11. The predicted molar refractivity (Wildman–Crippen MR) is 67.7 cm³/mol. The van der Waals surface area contributed by atoms with E-state index in [1.165, 1.54) is 25.3 Å². The van der Waals surface area contributed by atoms with Crippen LogP contribution in [0.15, 0.2) is 34.5 Å². The van der Waals surface area contributed by atoms with Gasteiger partial charge in [0.1, 0.15) is 16.6 Å². The maximum absolute atomic E-state index is 14.2. The number of carbonyl (C=O) groups is 2. The number of carboxylic acid groups (broad SMARTS) is 1. The summed E-state index contributed by atoms with van der Waals surface area (Å²) in [4.78, 5) is 23.2. The summed E-state index contributed by atoms with van der Waals surface area (Å²) in [5.74, 6) is -2.55. The number of hydrogen-bond acceptors (Lipinski definition) is 5. The number of thioether (sulfide) groups is 1. The average Bonchev–Trinajstić information content (AvgIpc) is 2.35. The Balaban J connectivity index is 2.63. The normalized spacial score (nSPS) is 24.1. The molecule has 2 aliphatic rings. The van der Waals surface area contributed by atoms with Gasteiger partial charge >= 0.3 is 17.2 Å². The van der Waals surface area contributed by atoms with Crippen LogP contribution in [0.4, 0.5) is 8.78 Å². The molecule has 0 saturated carbocycles. The van der Waals surface area contributed by atoms with Crippen molar-refractivity contribution in [3.8, 4) is 0 Å². The van der Waals surface area contributed by atoms with Crippen LogP contribution in [0.5, 0.6) is 0 Å². The lowest BCUT2D eigenvalue weighted by molar-refractivity contribution is -0.139. The van der Waals surface area contributed by atoms with Crippen LogP contribution in [-0.4, -0.2) is 40.4 Å². The summed E-state index contributed by atoms with van der Waals surface area (Å²) in [6, 6.07) is -1.43.